The number of urea groups is 1. The summed E-state index contributed by atoms with van der Waals surface area (Å²) in [6.45, 7) is 1.45. The predicted molar refractivity (Wildman–Crippen MR) is 86.9 cm³/mol. The average Bonchev–Trinajstić information content (AvgIpc) is 2.49. The summed E-state index contributed by atoms with van der Waals surface area (Å²) in [7, 11) is 0. The minimum Gasteiger partial charge on any atom is -0.326 e. The molecule has 0 unspecified atom stereocenters. The molecule has 6 heteroatoms. The molecule has 22 heavy (non-hydrogen) atoms. The van der Waals surface area contributed by atoms with Gasteiger partial charge in [0.25, 0.3) is 0 Å². The molecule has 0 aliphatic rings. The smallest absolute Gasteiger partial charge is 0.326 e. The van der Waals surface area contributed by atoms with E-state index in [0.29, 0.717) is 11.4 Å². The van der Waals surface area contributed by atoms with Crippen LogP contribution in [0.15, 0.2) is 59.7 Å². The van der Waals surface area contributed by atoms with Crippen molar-refractivity contribution in [1.29, 1.82) is 0 Å². The highest BCUT2D eigenvalue weighted by atomic mass is 16.2. The summed E-state index contributed by atoms with van der Waals surface area (Å²) in [6, 6.07) is 15.7. The minimum atomic E-state index is -0.419. The number of hydrazone groups is 1. The van der Waals surface area contributed by atoms with Crippen molar-refractivity contribution >= 4 is 29.5 Å². The third kappa shape index (κ3) is 5.09. The Morgan fingerprint density at radius 1 is 0.909 bits per heavy atom. The van der Waals surface area contributed by atoms with Crippen LogP contribution in [0.2, 0.25) is 0 Å². The Balaban J connectivity index is 1.84. The predicted octanol–water partition coefficient (Wildman–Crippen LogP) is 2.80. The molecule has 0 aromatic heterocycles. The van der Waals surface area contributed by atoms with Crippen molar-refractivity contribution in [2.75, 3.05) is 10.6 Å². The summed E-state index contributed by atoms with van der Waals surface area (Å²) >= 11 is 0. The molecule has 112 valence electrons. The van der Waals surface area contributed by atoms with Crippen molar-refractivity contribution in [2.45, 2.75) is 6.92 Å². The van der Waals surface area contributed by atoms with E-state index in [9.17, 15) is 9.59 Å². The van der Waals surface area contributed by atoms with E-state index in [1.54, 1.807) is 36.4 Å². The maximum absolute atomic E-state index is 11.6. The number of nitrogens with one attached hydrogen (secondary N) is 3. The van der Waals surface area contributed by atoms with Gasteiger partial charge in [0, 0.05) is 18.3 Å². The first-order valence-electron chi connectivity index (χ1n) is 6.66. The van der Waals surface area contributed by atoms with Gasteiger partial charge < -0.3 is 10.6 Å². The largest absolute Gasteiger partial charge is 0.339 e. The van der Waals surface area contributed by atoms with Gasteiger partial charge in [0.1, 0.15) is 0 Å². The van der Waals surface area contributed by atoms with Gasteiger partial charge in [-0.05, 0) is 29.8 Å². The monoisotopic (exact) mass is 296 g/mol. The van der Waals surface area contributed by atoms with E-state index in [-0.39, 0.29) is 5.91 Å². The lowest BCUT2D eigenvalue weighted by molar-refractivity contribution is -0.114. The third-order valence-corrected chi connectivity index (χ3v) is 2.64. The van der Waals surface area contributed by atoms with Crippen LogP contribution in [0.5, 0.6) is 0 Å². The molecule has 0 spiro atoms. The van der Waals surface area contributed by atoms with Crippen LogP contribution in [0, 0.1) is 0 Å². The Labute approximate surface area is 128 Å². The van der Waals surface area contributed by atoms with Crippen molar-refractivity contribution in [2.24, 2.45) is 5.10 Å². The van der Waals surface area contributed by atoms with Gasteiger partial charge in [0.2, 0.25) is 5.91 Å². The number of para-hydroxylation sites is 1. The number of carbonyl (C=O) groups excluding carboxylic acids is 2. The maximum Gasteiger partial charge on any atom is 0.339 e. The van der Waals surface area contributed by atoms with Gasteiger partial charge in [-0.2, -0.15) is 5.10 Å². The van der Waals surface area contributed by atoms with E-state index in [1.165, 1.54) is 13.1 Å². The number of benzene rings is 2. The van der Waals surface area contributed by atoms with Crippen LogP contribution in [0.4, 0.5) is 16.2 Å². The van der Waals surface area contributed by atoms with E-state index < -0.39 is 6.03 Å². The Morgan fingerprint density at radius 2 is 1.55 bits per heavy atom. The zero-order valence-electron chi connectivity index (χ0n) is 12.0. The van der Waals surface area contributed by atoms with Crippen LogP contribution in [-0.2, 0) is 4.79 Å². The van der Waals surface area contributed by atoms with E-state index in [2.05, 4.69) is 21.2 Å². The summed E-state index contributed by atoms with van der Waals surface area (Å²) < 4.78 is 0. The van der Waals surface area contributed by atoms with Crippen LogP contribution in [0.3, 0.4) is 0 Å². The molecule has 0 bridgehead atoms. The lowest BCUT2D eigenvalue weighted by Crippen LogP contribution is -2.24. The van der Waals surface area contributed by atoms with E-state index in [1.807, 2.05) is 18.2 Å². The molecular weight excluding hydrogens is 280 g/mol. The average molecular weight is 296 g/mol. The number of rotatable bonds is 4. The Morgan fingerprint density at radius 3 is 2.18 bits per heavy atom. The molecule has 0 aliphatic carbocycles. The molecule has 0 aliphatic heterocycles. The quantitative estimate of drug-likeness (QED) is 0.599. The molecule has 3 N–H and O–H groups in total. The summed E-state index contributed by atoms with van der Waals surface area (Å²) in [5.74, 6) is -0.124. The van der Waals surface area contributed by atoms with Gasteiger partial charge in [0.15, 0.2) is 0 Å². The number of hydrogen-bond acceptors (Lipinski definition) is 3. The Bertz CT molecular complexity index is 666. The van der Waals surface area contributed by atoms with Crippen molar-refractivity contribution in [3.8, 4) is 0 Å². The van der Waals surface area contributed by atoms with E-state index in [0.717, 1.165) is 5.56 Å². The number of amides is 3. The van der Waals surface area contributed by atoms with Crippen molar-refractivity contribution in [1.82, 2.24) is 5.43 Å². The Hall–Kier alpha value is -3.15. The van der Waals surface area contributed by atoms with Gasteiger partial charge in [-0.15, -0.1) is 0 Å². The molecular formula is C16H16N4O2. The first kappa shape index (κ1) is 15.2. The van der Waals surface area contributed by atoms with Crippen LogP contribution in [0.1, 0.15) is 12.5 Å². The highest BCUT2D eigenvalue weighted by Gasteiger charge is 1.98. The van der Waals surface area contributed by atoms with Crippen molar-refractivity contribution in [3.05, 3.63) is 60.2 Å². The first-order chi connectivity index (χ1) is 10.6. The summed E-state index contributed by atoms with van der Waals surface area (Å²) in [6.07, 6.45) is 1.52. The Kier molecular flexibility index (Phi) is 5.25. The van der Waals surface area contributed by atoms with Crippen LogP contribution in [-0.4, -0.2) is 18.2 Å². The number of hydrogen-bond donors (Lipinski definition) is 3. The fourth-order valence-electron chi connectivity index (χ4n) is 1.70. The first-order valence-corrected chi connectivity index (χ1v) is 6.66. The molecule has 2 rings (SSSR count). The molecule has 0 fully saturated rings. The van der Waals surface area contributed by atoms with Crippen LogP contribution < -0.4 is 16.1 Å². The molecule has 0 saturated heterocycles. The summed E-state index contributed by atoms with van der Waals surface area (Å²) in [5, 5.41) is 9.17. The second-order valence-electron chi connectivity index (χ2n) is 4.49. The zero-order valence-corrected chi connectivity index (χ0v) is 12.0. The third-order valence-electron chi connectivity index (χ3n) is 2.64. The van der Waals surface area contributed by atoms with E-state index >= 15 is 0 Å². The molecule has 3 amide bonds. The summed E-state index contributed by atoms with van der Waals surface area (Å²) in [4.78, 5) is 22.5. The molecule has 0 saturated carbocycles. The molecule has 6 nitrogen and oxygen atoms in total. The number of carbonyl (C=O) groups is 2. The lowest BCUT2D eigenvalue weighted by Gasteiger charge is -2.03. The normalized spacial score (nSPS) is 10.2. The molecule has 0 radical (unpaired) electrons. The van der Waals surface area contributed by atoms with Crippen LogP contribution >= 0.6 is 0 Å². The molecule has 2 aromatic rings. The second kappa shape index (κ2) is 7.58. The number of nitrogens with zero attached hydrogens (tertiary/aromatic N) is 1. The molecule has 0 atom stereocenters. The molecule has 2 aromatic carbocycles. The zero-order chi connectivity index (χ0) is 15.8. The highest BCUT2D eigenvalue weighted by molar-refractivity contribution is 5.91. The van der Waals surface area contributed by atoms with Gasteiger partial charge in [-0.1, -0.05) is 30.3 Å². The highest BCUT2D eigenvalue weighted by Crippen LogP contribution is 2.08. The summed E-state index contributed by atoms with van der Waals surface area (Å²) in [5.41, 5.74) is 4.57. The van der Waals surface area contributed by atoms with Crippen molar-refractivity contribution in [3.63, 3.8) is 0 Å². The topological polar surface area (TPSA) is 82.6 Å². The van der Waals surface area contributed by atoms with Gasteiger partial charge in [0.05, 0.1) is 6.21 Å². The minimum absolute atomic E-state index is 0.124. The van der Waals surface area contributed by atoms with Gasteiger partial charge in [-0.3, -0.25) is 4.79 Å². The van der Waals surface area contributed by atoms with Gasteiger partial charge >= 0.3 is 6.03 Å². The lowest BCUT2D eigenvalue weighted by atomic mass is 10.2. The fraction of sp³-hybridized carbons (Fsp3) is 0.0625. The fourth-order valence-corrected chi connectivity index (χ4v) is 1.70. The van der Waals surface area contributed by atoms with Gasteiger partial charge in [-0.25, -0.2) is 10.2 Å². The number of anilines is 2. The SMILES string of the molecule is CC(=O)Nc1ccc(/C=N/NC(=O)Nc2ccccc2)cc1. The van der Waals surface area contributed by atoms with E-state index in [4.69, 9.17) is 0 Å². The molecule has 0 heterocycles. The standard InChI is InChI=1S/C16H16N4O2/c1-12(21)18-15-9-7-13(8-10-15)11-17-20-16(22)19-14-5-3-2-4-6-14/h2-11H,1H3,(H,18,21)(H2,19,20,22)/b17-11+. The van der Waals surface area contributed by atoms with Crippen molar-refractivity contribution < 1.29 is 9.59 Å². The van der Waals surface area contributed by atoms with Crippen LogP contribution in [0.25, 0.3) is 0 Å². The second-order valence-corrected chi connectivity index (χ2v) is 4.49. The maximum atomic E-state index is 11.6.